The average Bonchev–Trinajstić information content (AvgIpc) is 2.43. The monoisotopic (exact) mass is 261 g/mol. The zero-order valence-corrected chi connectivity index (χ0v) is 10.4. The van der Waals surface area contributed by atoms with Gasteiger partial charge in [0.05, 0.1) is 0 Å². The van der Waals surface area contributed by atoms with Gasteiger partial charge in [0, 0.05) is 6.42 Å². The van der Waals surface area contributed by atoms with Crippen LogP contribution in [0.15, 0.2) is 30.3 Å². The number of ether oxygens (including phenoxy) is 1. The highest BCUT2D eigenvalue weighted by Gasteiger charge is 2.17. The topological polar surface area (TPSA) is 106 Å². The first kappa shape index (κ1) is 14.8. The van der Waals surface area contributed by atoms with E-state index in [1.54, 1.807) is 0 Å². The number of benzene rings is 1. The van der Waals surface area contributed by atoms with E-state index in [1.807, 2.05) is 30.3 Å². The smallest absolute Gasteiger partial charge is 0.323 e. The summed E-state index contributed by atoms with van der Waals surface area (Å²) < 4.78 is 5.02. The van der Waals surface area contributed by atoms with Crippen molar-refractivity contribution in [3.05, 3.63) is 41.4 Å². The highest BCUT2D eigenvalue weighted by atomic mass is 16.5. The minimum absolute atomic E-state index is 0.0334. The number of carbonyl (C=O) groups excluding carboxylic acids is 2. The van der Waals surface area contributed by atoms with Crippen LogP contribution < -0.4 is 5.73 Å². The molecule has 6 heteroatoms. The number of esters is 1. The molecule has 1 aromatic rings. The number of ketones is 1. The van der Waals surface area contributed by atoms with E-state index in [2.05, 4.69) is 4.79 Å². The molecule has 100 valence electrons. The van der Waals surface area contributed by atoms with E-state index in [-0.39, 0.29) is 19.4 Å². The molecule has 19 heavy (non-hydrogen) atoms. The van der Waals surface area contributed by atoms with Gasteiger partial charge in [-0.2, -0.15) is 4.79 Å². The largest absolute Gasteiger partial charge is 0.460 e. The number of Topliss-reactive ketones (excluding diaryl/α,β-unsaturated/α-hetero) is 1. The molecule has 0 fully saturated rings. The van der Waals surface area contributed by atoms with Crippen molar-refractivity contribution < 1.29 is 19.1 Å². The van der Waals surface area contributed by atoms with Gasteiger partial charge >= 0.3 is 12.2 Å². The van der Waals surface area contributed by atoms with Gasteiger partial charge in [-0.05, 0) is 12.0 Å². The third-order valence-corrected chi connectivity index (χ3v) is 2.43. The van der Waals surface area contributed by atoms with Crippen molar-refractivity contribution >= 4 is 18.0 Å². The Hall–Kier alpha value is -2.30. The van der Waals surface area contributed by atoms with Crippen molar-refractivity contribution in [1.29, 1.82) is 0 Å². The molecule has 0 aliphatic carbocycles. The fourth-order valence-electron chi connectivity index (χ4n) is 1.38. The average molecular weight is 261 g/mol. The van der Waals surface area contributed by atoms with Crippen LogP contribution in [-0.4, -0.2) is 28.8 Å². The molecule has 2 N–H and O–H groups in total. The van der Waals surface area contributed by atoms with Crippen molar-refractivity contribution in [2.45, 2.75) is 25.5 Å². The summed E-state index contributed by atoms with van der Waals surface area (Å²) in [6.45, 7) is 0.152. The molecular weight excluding hydrogens is 246 g/mol. The summed E-state index contributed by atoms with van der Waals surface area (Å²) in [5.41, 5.74) is 14.6. The maximum absolute atomic E-state index is 11.5. The van der Waals surface area contributed by atoms with E-state index < -0.39 is 17.8 Å². The van der Waals surface area contributed by atoms with Gasteiger partial charge in [-0.25, -0.2) is 0 Å². The first-order valence-corrected chi connectivity index (χ1v) is 5.80. The van der Waals surface area contributed by atoms with E-state index in [0.29, 0.717) is 0 Å². The lowest BCUT2D eigenvalue weighted by Gasteiger charge is -2.10. The predicted molar refractivity (Wildman–Crippen MR) is 68.1 cm³/mol. The van der Waals surface area contributed by atoms with Gasteiger partial charge in [0.15, 0.2) is 0 Å². The fourth-order valence-corrected chi connectivity index (χ4v) is 1.38. The van der Waals surface area contributed by atoms with Crippen LogP contribution in [0.4, 0.5) is 0 Å². The van der Waals surface area contributed by atoms with Crippen molar-refractivity contribution in [3.8, 4) is 0 Å². The fraction of sp³-hybridized carbons (Fsp3) is 0.308. The Kier molecular flexibility index (Phi) is 6.15. The lowest BCUT2D eigenvalue weighted by molar-refractivity contribution is -0.146. The maximum atomic E-state index is 11.5. The zero-order chi connectivity index (χ0) is 14.1. The van der Waals surface area contributed by atoms with Crippen LogP contribution in [0.25, 0.3) is 5.53 Å². The van der Waals surface area contributed by atoms with Crippen LogP contribution in [0, 0.1) is 0 Å². The number of carbonyl (C=O) groups is 2. The highest BCUT2D eigenvalue weighted by Crippen LogP contribution is 2.03. The Morgan fingerprint density at radius 1 is 1.37 bits per heavy atom. The van der Waals surface area contributed by atoms with Gasteiger partial charge in [0.2, 0.25) is 5.78 Å². The minimum atomic E-state index is -0.861. The lowest BCUT2D eigenvalue weighted by Crippen LogP contribution is -2.32. The number of rotatable bonds is 7. The predicted octanol–water partition coefficient (Wildman–Crippen LogP) is 0.707. The second-order valence-electron chi connectivity index (χ2n) is 3.95. The van der Waals surface area contributed by atoms with Crippen LogP contribution in [-0.2, 0) is 20.9 Å². The molecule has 0 aromatic heterocycles. The Morgan fingerprint density at radius 3 is 2.68 bits per heavy atom. The van der Waals surface area contributed by atoms with Crippen LogP contribution in [0.5, 0.6) is 0 Å². The summed E-state index contributed by atoms with van der Waals surface area (Å²) in [4.78, 5) is 25.2. The zero-order valence-electron chi connectivity index (χ0n) is 10.4. The van der Waals surface area contributed by atoms with E-state index in [0.717, 1.165) is 11.8 Å². The lowest BCUT2D eigenvalue weighted by atomic mass is 10.1. The van der Waals surface area contributed by atoms with E-state index >= 15 is 0 Å². The van der Waals surface area contributed by atoms with Crippen LogP contribution in [0.2, 0.25) is 0 Å². The SMILES string of the molecule is [N-]=[N+]=CC(=O)CC[C@H](N)C(=O)OCc1ccccc1. The standard InChI is InChI=1S/C13H15N3O3/c14-12(7-6-11(17)8-16-15)13(18)19-9-10-4-2-1-3-5-10/h1-5,8,12H,6-7,9,14H2/t12-/m0/s1. The molecule has 0 aliphatic rings. The normalized spacial score (nSPS) is 11.2. The minimum Gasteiger partial charge on any atom is -0.460 e. The van der Waals surface area contributed by atoms with Crippen LogP contribution in [0.3, 0.4) is 0 Å². The molecule has 0 radical (unpaired) electrons. The van der Waals surface area contributed by atoms with Crippen molar-refractivity contribution in [1.82, 2.24) is 0 Å². The molecule has 1 atom stereocenters. The molecule has 0 heterocycles. The molecule has 1 aromatic carbocycles. The van der Waals surface area contributed by atoms with Gasteiger partial charge < -0.3 is 16.0 Å². The van der Waals surface area contributed by atoms with Gasteiger partial charge in [-0.1, -0.05) is 30.3 Å². The Morgan fingerprint density at radius 2 is 2.05 bits per heavy atom. The van der Waals surface area contributed by atoms with Gasteiger partial charge in [-0.15, -0.1) is 0 Å². The molecular formula is C13H15N3O3. The number of nitrogens with two attached hydrogens (primary N) is 1. The number of hydrogen-bond donors (Lipinski definition) is 1. The molecule has 1 rings (SSSR count). The van der Waals surface area contributed by atoms with Gasteiger partial charge in [0.25, 0.3) is 0 Å². The Labute approximate surface area is 110 Å². The first-order valence-electron chi connectivity index (χ1n) is 5.80. The number of hydrogen-bond acceptors (Lipinski definition) is 4. The third-order valence-electron chi connectivity index (χ3n) is 2.43. The van der Waals surface area contributed by atoms with Crippen molar-refractivity contribution in [3.63, 3.8) is 0 Å². The summed E-state index contributed by atoms with van der Waals surface area (Å²) >= 11 is 0. The summed E-state index contributed by atoms with van der Waals surface area (Å²) in [6, 6.07) is 8.36. The van der Waals surface area contributed by atoms with Crippen LogP contribution >= 0.6 is 0 Å². The second-order valence-corrected chi connectivity index (χ2v) is 3.95. The molecule has 0 unspecified atom stereocenters. The molecule has 0 aliphatic heterocycles. The number of nitrogens with zero attached hydrogens (tertiary/aromatic N) is 2. The third kappa shape index (κ3) is 5.72. The van der Waals surface area contributed by atoms with Crippen LogP contribution in [0.1, 0.15) is 18.4 Å². The molecule has 6 nitrogen and oxygen atoms in total. The summed E-state index contributed by atoms with van der Waals surface area (Å²) in [5.74, 6) is -0.952. The van der Waals surface area contributed by atoms with E-state index in [4.69, 9.17) is 16.0 Å². The molecule has 0 spiro atoms. The summed E-state index contributed by atoms with van der Waals surface area (Å²) in [7, 11) is 0. The molecule has 0 saturated carbocycles. The van der Waals surface area contributed by atoms with Crippen molar-refractivity contribution in [2.75, 3.05) is 0 Å². The van der Waals surface area contributed by atoms with Gasteiger partial charge in [-0.3, -0.25) is 9.59 Å². The first-order chi connectivity index (χ1) is 9.13. The van der Waals surface area contributed by atoms with Gasteiger partial charge in [0.1, 0.15) is 12.6 Å². The maximum Gasteiger partial charge on any atom is 0.323 e. The van der Waals surface area contributed by atoms with E-state index in [9.17, 15) is 9.59 Å². The second kappa shape index (κ2) is 7.92. The Bertz CT molecular complexity index is 481. The van der Waals surface area contributed by atoms with Crippen molar-refractivity contribution in [2.24, 2.45) is 5.73 Å². The Balaban J connectivity index is 2.33. The van der Waals surface area contributed by atoms with E-state index in [1.165, 1.54) is 0 Å². The molecule has 0 saturated heterocycles. The molecule has 0 amide bonds. The quantitative estimate of drug-likeness (QED) is 0.337. The summed E-state index contributed by atoms with van der Waals surface area (Å²) in [6.07, 6.45) is 0.964. The highest BCUT2D eigenvalue weighted by molar-refractivity contribution is 6.25. The molecule has 0 bridgehead atoms. The summed E-state index contributed by atoms with van der Waals surface area (Å²) in [5, 5.41) is 0.